The van der Waals surface area contributed by atoms with E-state index in [1.165, 1.54) is 24.0 Å². The van der Waals surface area contributed by atoms with Gasteiger partial charge in [0.1, 0.15) is 5.69 Å². The molecule has 4 heteroatoms. The van der Waals surface area contributed by atoms with Crippen molar-refractivity contribution in [3.8, 4) is 0 Å². The van der Waals surface area contributed by atoms with Gasteiger partial charge in [-0.3, -0.25) is 9.78 Å². The lowest BCUT2D eigenvalue weighted by molar-refractivity contribution is 0.0756. The van der Waals surface area contributed by atoms with Crippen molar-refractivity contribution in [2.24, 2.45) is 0 Å². The Morgan fingerprint density at radius 2 is 1.79 bits per heavy atom. The van der Waals surface area contributed by atoms with Gasteiger partial charge < -0.3 is 10.2 Å². The molecule has 2 aromatic rings. The van der Waals surface area contributed by atoms with Crippen molar-refractivity contribution >= 4 is 17.3 Å². The lowest BCUT2D eigenvalue weighted by Gasteiger charge is -2.20. The van der Waals surface area contributed by atoms with E-state index in [-0.39, 0.29) is 5.91 Å². The summed E-state index contributed by atoms with van der Waals surface area (Å²) in [7, 11) is 0. The molecule has 24 heavy (non-hydrogen) atoms. The molecule has 1 aromatic carbocycles. The molecule has 0 radical (unpaired) electrons. The minimum Gasteiger partial charge on any atom is -0.355 e. The number of aromatic nitrogens is 1. The summed E-state index contributed by atoms with van der Waals surface area (Å²) in [6, 6.07) is 10.1. The number of pyridine rings is 1. The molecule has 0 atom stereocenters. The predicted molar refractivity (Wildman–Crippen MR) is 97.8 cm³/mol. The molecule has 1 amide bonds. The lowest BCUT2D eigenvalue weighted by Crippen LogP contribution is -2.32. The molecule has 126 valence electrons. The standard InChI is InChI=1S/C20H25N3O/c1-15-7-8-16(2)18(13-15)22-17-9-10-21-19(14-17)20(24)23-11-5-3-4-6-12-23/h7-10,13-14H,3-6,11-12H2,1-2H3,(H,21,22). The maximum Gasteiger partial charge on any atom is 0.272 e. The first-order chi connectivity index (χ1) is 11.6. The van der Waals surface area contributed by atoms with E-state index in [9.17, 15) is 4.79 Å². The van der Waals surface area contributed by atoms with Crippen LogP contribution in [0.15, 0.2) is 36.5 Å². The second-order valence-electron chi connectivity index (χ2n) is 6.58. The summed E-state index contributed by atoms with van der Waals surface area (Å²) in [6.07, 6.45) is 6.31. The molecule has 0 unspecified atom stereocenters. The van der Waals surface area contributed by atoms with E-state index in [0.29, 0.717) is 5.69 Å². The minimum absolute atomic E-state index is 0.0431. The normalized spacial score (nSPS) is 15.0. The number of aryl methyl sites for hydroxylation is 2. The first-order valence-electron chi connectivity index (χ1n) is 8.73. The fourth-order valence-corrected chi connectivity index (χ4v) is 3.09. The van der Waals surface area contributed by atoms with Crippen LogP contribution < -0.4 is 5.32 Å². The highest BCUT2D eigenvalue weighted by atomic mass is 16.2. The Morgan fingerprint density at radius 3 is 2.54 bits per heavy atom. The van der Waals surface area contributed by atoms with Gasteiger partial charge in [-0.25, -0.2) is 0 Å². The zero-order valence-electron chi connectivity index (χ0n) is 14.5. The van der Waals surface area contributed by atoms with Gasteiger partial charge in [-0.2, -0.15) is 0 Å². The zero-order chi connectivity index (χ0) is 16.9. The first kappa shape index (κ1) is 16.5. The number of carbonyl (C=O) groups excluding carboxylic acids is 1. The number of likely N-dealkylation sites (tertiary alicyclic amines) is 1. The Balaban J connectivity index is 1.78. The molecule has 0 aliphatic carbocycles. The SMILES string of the molecule is Cc1ccc(C)c(Nc2ccnc(C(=O)N3CCCCCC3)c2)c1. The number of anilines is 2. The number of nitrogens with zero attached hydrogens (tertiary/aromatic N) is 2. The first-order valence-corrected chi connectivity index (χ1v) is 8.73. The second-order valence-corrected chi connectivity index (χ2v) is 6.58. The molecule has 0 bridgehead atoms. The molecule has 1 aliphatic heterocycles. The number of benzene rings is 1. The van der Waals surface area contributed by atoms with Crippen LogP contribution >= 0.6 is 0 Å². The molecule has 2 heterocycles. The van der Waals surface area contributed by atoms with Crippen LogP contribution in [-0.4, -0.2) is 28.9 Å². The van der Waals surface area contributed by atoms with E-state index >= 15 is 0 Å². The molecule has 1 N–H and O–H groups in total. The highest BCUT2D eigenvalue weighted by Crippen LogP contribution is 2.22. The second kappa shape index (κ2) is 7.47. The Bertz CT molecular complexity index is 719. The summed E-state index contributed by atoms with van der Waals surface area (Å²) in [4.78, 5) is 19.0. The third-order valence-corrected chi connectivity index (χ3v) is 4.54. The average molecular weight is 323 g/mol. The Morgan fingerprint density at radius 1 is 1.04 bits per heavy atom. The van der Waals surface area contributed by atoms with Gasteiger partial charge in [0, 0.05) is 30.7 Å². The molecule has 1 fully saturated rings. The van der Waals surface area contributed by atoms with Gasteiger partial charge in [0.15, 0.2) is 0 Å². The van der Waals surface area contributed by atoms with Crippen molar-refractivity contribution in [1.82, 2.24) is 9.88 Å². The molecule has 3 rings (SSSR count). The Hall–Kier alpha value is -2.36. The van der Waals surface area contributed by atoms with E-state index in [2.05, 4.69) is 42.3 Å². The molecule has 0 spiro atoms. The molecular weight excluding hydrogens is 298 g/mol. The zero-order valence-corrected chi connectivity index (χ0v) is 14.5. The number of hydrogen-bond donors (Lipinski definition) is 1. The van der Waals surface area contributed by atoms with Crippen LogP contribution in [0.1, 0.15) is 47.3 Å². The molecule has 4 nitrogen and oxygen atoms in total. The van der Waals surface area contributed by atoms with Gasteiger partial charge in [0.2, 0.25) is 0 Å². The third kappa shape index (κ3) is 3.94. The summed E-state index contributed by atoms with van der Waals surface area (Å²) < 4.78 is 0. The molecule has 1 aliphatic rings. The predicted octanol–water partition coefficient (Wildman–Crippen LogP) is 4.46. The molecule has 1 aromatic heterocycles. The van der Waals surface area contributed by atoms with Crippen molar-refractivity contribution in [2.45, 2.75) is 39.5 Å². The number of hydrogen-bond acceptors (Lipinski definition) is 3. The van der Waals surface area contributed by atoms with Crippen LogP contribution in [0, 0.1) is 13.8 Å². The number of nitrogens with one attached hydrogen (secondary N) is 1. The third-order valence-electron chi connectivity index (χ3n) is 4.54. The maximum atomic E-state index is 12.7. The van der Waals surface area contributed by atoms with Crippen molar-refractivity contribution in [1.29, 1.82) is 0 Å². The maximum absolute atomic E-state index is 12.7. The Labute approximate surface area is 143 Å². The van der Waals surface area contributed by atoms with Gasteiger partial charge >= 0.3 is 0 Å². The summed E-state index contributed by atoms with van der Waals surface area (Å²) in [5.74, 6) is 0.0431. The summed E-state index contributed by atoms with van der Waals surface area (Å²) >= 11 is 0. The van der Waals surface area contributed by atoms with Gasteiger partial charge in [-0.05, 0) is 56.0 Å². The van der Waals surface area contributed by atoms with Crippen LogP contribution in [0.25, 0.3) is 0 Å². The summed E-state index contributed by atoms with van der Waals surface area (Å²) in [5.41, 5.74) is 4.87. The van der Waals surface area contributed by atoms with Gasteiger partial charge in [-0.1, -0.05) is 25.0 Å². The number of carbonyl (C=O) groups is 1. The van der Waals surface area contributed by atoms with Crippen molar-refractivity contribution in [3.63, 3.8) is 0 Å². The summed E-state index contributed by atoms with van der Waals surface area (Å²) in [6.45, 7) is 5.84. The van der Waals surface area contributed by atoms with E-state index < -0.39 is 0 Å². The van der Waals surface area contributed by atoms with E-state index in [1.54, 1.807) is 6.20 Å². The lowest BCUT2D eigenvalue weighted by atomic mass is 10.1. The van der Waals surface area contributed by atoms with Crippen LogP contribution in [0.2, 0.25) is 0 Å². The van der Waals surface area contributed by atoms with Crippen LogP contribution in [-0.2, 0) is 0 Å². The topological polar surface area (TPSA) is 45.2 Å². The fraction of sp³-hybridized carbons (Fsp3) is 0.400. The molecule has 0 saturated carbocycles. The highest BCUT2D eigenvalue weighted by Gasteiger charge is 2.18. The van der Waals surface area contributed by atoms with Gasteiger partial charge in [0.25, 0.3) is 5.91 Å². The molecule has 1 saturated heterocycles. The fourth-order valence-electron chi connectivity index (χ4n) is 3.09. The van der Waals surface area contributed by atoms with E-state index in [0.717, 1.165) is 37.3 Å². The monoisotopic (exact) mass is 323 g/mol. The van der Waals surface area contributed by atoms with E-state index in [4.69, 9.17) is 0 Å². The summed E-state index contributed by atoms with van der Waals surface area (Å²) in [5, 5.41) is 3.41. The highest BCUT2D eigenvalue weighted by molar-refractivity contribution is 5.93. The van der Waals surface area contributed by atoms with Crippen molar-refractivity contribution in [2.75, 3.05) is 18.4 Å². The Kier molecular flexibility index (Phi) is 5.14. The van der Waals surface area contributed by atoms with Crippen LogP contribution in [0.5, 0.6) is 0 Å². The largest absolute Gasteiger partial charge is 0.355 e. The van der Waals surface area contributed by atoms with Gasteiger partial charge in [-0.15, -0.1) is 0 Å². The van der Waals surface area contributed by atoms with Crippen LogP contribution in [0.4, 0.5) is 11.4 Å². The smallest absolute Gasteiger partial charge is 0.272 e. The van der Waals surface area contributed by atoms with Crippen molar-refractivity contribution < 1.29 is 4.79 Å². The van der Waals surface area contributed by atoms with Crippen LogP contribution in [0.3, 0.4) is 0 Å². The average Bonchev–Trinajstić information content (AvgIpc) is 2.87. The van der Waals surface area contributed by atoms with E-state index in [1.807, 2.05) is 17.0 Å². The minimum atomic E-state index is 0.0431. The number of rotatable bonds is 3. The quantitative estimate of drug-likeness (QED) is 0.907. The van der Waals surface area contributed by atoms with Crippen molar-refractivity contribution in [3.05, 3.63) is 53.3 Å². The number of amides is 1. The van der Waals surface area contributed by atoms with Gasteiger partial charge in [0.05, 0.1) is 0 Å². The molecular formula is C20H25N3O.